The molecule has 0 saturated heterocycles. The van der Waals surface area contributed by atoms with E-state index in [0.717, 1.165) is 48.3 Å². The molecule has 1 aromatic heterocycles. The molecule has 4 aliphatic rings. The molecule has 3 aromatic rings. The first-order valence-electron chi connectivity index (χ1n) is 10.8. The van der Waals surface area contributed by atoms with Gasteiger partial charge >= 0.3 is 11.6 Å². The van der Waals surface area contributed by atoms with Crippen LogP contribution in [0.1, 0.15) is 44.1 Å². The lowest BCUT2D eigenvalue weighted by molar-refractivity contribution is -0.197. The first kappa shape index (κ1) is 18.1. The Morgan fingerprint density at radius 1 is 1.10 bits per heavy atom. The van der Waals surface area contributed by atoms with Crippen LogP contribution in [0.4, 0.5) is 0 Å². The van der Waals surface area contributed by atoms with Crippen molar-refractivity contribution in [1.82, 2.24) is 0 Å². The maximum atomic E-state index is 13.3. The monoisotopic (exact) mass is 404 g/mol. The molecule has 0 unspecified atom stereocenters. The maximum absolute atomic E-state index is 13.3. The second kappa shape index (κ2) is 6.17. The molecule has 0 amide bonds. The average Bonchev–Trinajstić information content (AvgIpc) is 2.69. The van der Waals surface area contributed by atoms with Crippen molar-refractivity contribution in [1.29, 1.82) is 0 Å². The molecular weight excluding hydrogens is 380 g/mol. The SMILES string of the molecule is O=C(OCc1cc(=O)oc2ccc3ccccc3c12)C12C[C@H]3C[C@@H](CC(O)(C3)C1)C2. The molecular formula is C25H24O5. The third-order valence-corrected chi connectivity index (χ3v) is 7.54. The molecule has 0 aliphatic heterocycles. The summed E-state index contributed by atoms with van der Waals surface area (Å²) in [7, 11) is 0. The van der Waals surface area contributed by atoms with Crippen LogP contribution in [0.3, 0.4) is 0 Å². The van der Waals surface area contributed by atoms with Gasteiger partial charge in [-0.25, -0.2) is 4.79 Å². The lowest BCUT2D eigenvalue weighted by Gasteiger charge is -2.58. The van der Waals surface area contributed by atoms with E-state index in [1.807, 2.05) is 30.3 Å². The van der Waals surface area contributed by atoms with E-state index < -0.39 is 16.6 Å². The minimum atomic E-state index is -0.709. The molecule has 1 N–H and O–H groups in total. The number of esters is 1. The summed E-state index contributed by atoms with van der Waals surface area (Å²) in [5, 5.41) is 13.7. The lowest BCUT2D eigenvalue weighted by atomic mass is 9.48. The van der Waals surface area contributed by atoms with E-state index in [0.29, 0.717) is 29.4 Å². The van der Waals surface area contributed by atoms with Crippen LogP contribution in [0.2, 0.25) is 0 Å². The molecule has 2 aromatic carbocycles. The van der Waals surface area contributed by atoms with Crippen molar-refractivity contribution >= 4 is 27.7 Å². The molecule has 1 heterocycles. The summed E-state index contributed by atoms with van der Waals surface area (Å²) in [6.45, 7) is 0.0322. The summed E-state index contributed by atoms with van der Waals surface area (Å²) in [6.07, 6.45) is 4.88. The molecule has 154 valence electrons. The van der Waals surface area contributed by atoms with Crippen molar-refractivity contribution in [3.05, 3.63) is 58.4 Å². The number of aliphatic hydroxyl groups is 1. The Kier molecular flexibility index (Phi) is 3.73. The molecule has 2 atom stereocenters. The van der Waals surface area contributed by atoms with E-state index in [1.54, 1.807) is 6.07 Å². The first-order valence-corrected chi connectivity index (χ1v) is 10.8. The predicted octanol–water partition coefficient (Wildman–Crippen LogP) is 4.32. The highest BCUT2D eigenvalue weighted by atomic mass is 16.5. The third-order valence-electron chi connectivity index (χ3n) is 7.54. The summed E-state index contributed by atoms with van der Waals surface area (Å²) in [5.74, 6) is 0.603. The van der Waals surface area contributed by atoms with Gasteiger partial charge in [0.15, 0.2) is 0 Å². The minimum Gasteiger partial charge on any atom is -0.460 e. The Bertz CT molecular complexity index is 1230. The van der Waals surface area contributed by atoms with E-state index in [2.05, 4.69) is 0 Å². The Morgan fingerprint density at radius 3 is 2.63 bits per heavy atom. The van der Waals surface area contributed by atoms with Crippen LogP contribution in [0.5, 0.6) is 0 Å². The third kappa shape index (κ3) is 2.72. The summed E-state index contributed by atoms with van der Waals surface area (Å²) < 4.78 is 11.2. The van der Waals surface area contributed by atoms with Crippen molar-refractivity contribution in [2.75, 3.05) is 0 Å². The van der Waals surface area contributed by atoms with E-state index in [9.17, 15) is 14.7 Å². The summed E-state index contributed by atoms with van der Waals surface area (Å²) in [4.78, 5) is 25.4. The smallest absolute Gasteiger partial charge is 0.336 e. The van der Waals surface area contributed by atoms with Gasteiger partial charge < -0.3 is 14.3 Å². The number of carbonyl (C=O) groups is 1. The zero-order valence-corrected chi connectivity index (χ0v) is 16.7. The zero-order chi connectivity index (χ0) is 20.5. The second-order valence-electron chi connectivity index (χ2n) is 9.79. The largest absolute Gasteiger partial charge is 0.460 e. The van der Waals surface area contributed by atoms with Crippen molar-refractivity contribution in [2.45, 2.75) is 50.7 Å². The predicted molar refractivity (Wildman–Crippen MR) is 112 cm³/mol. The van der Waals surface area contributed by atoms with E-state index in [4.69, 9.17) is 9.15 Å². The van der Waals surface area contributed by atoms with Crippen LogP contribution in [-0.2, 0) is 16.1 Å². The molecule has 4 aliphatic carbocycles. The summed E-state index contributed by atoms with van der Waals surface area (Å²) >= 11 is 0. The maximum Gasteiger partial charge on any atom is 0.336 e. The average molecular weight is 404 g/mol. The molecule has 5 nitrogen and oxygen atoms in total. The molecule has 4 bridgehead atoms. The second-order valence-corrected chi connectivity index (χ2v) is 9.79. The quantitative estimate of drug-likeness (QED) is 0.400. The van der Waals surface area contributed by atoms with Crippen LogP contribution >= 0.6 is 0 Å². The molecule has 30 heavy (non-hydrogen) atoms. The van der Waals surface area contributed by atoms with Gasteiger partial charge in [-0.1, -0.05) is 30.3 Å². The minimum absolute atomic E-state index is 0.0322. The van der Waals surface area contributed by atoms with Gasteiger partial charge in [0.05, 0.1) is 11.0 Å². The van der Waals surface area contributed by atoms with Crippen LogP contribution in [0, 0.1) is 17.3 Å². The molecule has 7 rings (SSSR count). The number of benzene rings is 2. The normalized spacial score (nSPS) is 32.0. The Hall–Kier alpha value is -2.66. The van der Waals surface area contributed by atoms with Gasteiger partial charge in [-0.05, 0) is 67.2 Å². The van der Waals surface area contributed by atoms with E-state index in [1.165, 1.54) is 6.07 Å². The first-order chi connectivity index (χ1) is 14.4. The lowest BCUT2D eigenvalue weighted by Crippen LogP contribution is -2.58. The summed E-state index contributed by atoms with van der Waals surface area (Å²) in [5.41, 5.74) is -0.574. The van der Waals surface area contributed by atoms with Gasteiger partial charge in [-0.15, -0.1) is 0 Å². The fourth-order valence-electron chi connectivity index (χ4n) is 6.88. The molecule has 5 heteroatoms. The van der Waals surface area contributed by atoms with Crippen molar-refractivity contribution in [3.8, 4) is 0 Å². The van der Waals surface area contributed by atoms with E-state index in [-0.39, 0.29) is 12.6 Å². The molecule has 4 fully saturated rings. The van der Waals surface area contributed by atoms with Gasteiger partial charge in [0.25, 0.3) is 0 Å². The van der Waals surface area contributed by atoms with Crippen LogP contribution in [0.25, 0.3) is 21.7 Å². The number of fused-ring (bicyclic) bond motifs is 3. The number of ether oxygens (including phenoxy) is 1. The number of carbonyl (C=O) groups excluding carboxylic acids is 1. The van der Waals surface area contributed by atoms with Crippen molar-refractivity contribution < 1.29 is 19.1 Å². The van der Waals surface area contributed by atoms with Crippen molar-refractivity contribution in [2.24, 2.45) is 17.3 Å². The summed E-state index contributed by atoms with van der Waals surface area (Å²) in [6, 6.07) is 13.0. The Balaban J connectivity index is 1.34. The fraction of sp³-hybridized carbons (Fsp3) is 0.440. The van der Waals surface area contributed by atoms with Gasteiger partial charge in [0.1, 0.15) is 12.2 Å². The highest BCUT2D eigenvalue weighted by Crippen LogP contribution is 2.62. The van der Waals surface area contributed by atoms with Crippen LogP contribution in [0.15, 0.2) is 51.7 Å². The Morgan fingerprint density at radius 2 is 1.87 bits per heavy atom. The Labute approximate surface area is 173 Å². The number of rotatable bonds is 3. The van der Waals surface area contributed by atoms with Gasteiger partial charge in [0, 0.05) is 17.0 Å². The molecule has 0 radical (unpaired) electrons. The topological polar surface area (TPSA) is 76.7 Å². The highest BCUT2D eigenvalue weighted by molar-refractivity contribution is 6.07. The van der Waals surface area contributed by atoms with Gasteiger partial charge in [-0.3, -0.25) is 4.79 Å². The standard InChI is InChI=1S/C25H24O5/c26-21-8-18(22-19-4-2-1-3-17(19)5-6-20(22)30-21)13-29-23(27)24-9-15-7-16(10-24)12-25(28,11-15)14-24/h1-6,8,15-16,28H,7,9-14H2/t15-,16-,24?,25?/m1/s1. The zero-order valence-electron chi connectivity index (χ0n) is 16.7. The number of hydrogen-bond donors (Lipinski definition) is 1. The fourth-order valence-corrected chi connectivity index (χ4v) is 6.88. The van der Waals surface area contributed by atoms with Gasteiger partial charge in [-0.2, -0.15) is 0 Å². The van der Waals surface area contributed by atoms with Gasteiger partial charge in [0.2, 0.25) is 0 Å². The van der Waals surface area contributed by atoms with E-state index >= 15 is 0 Å². The van der Waals surface area contributed by atoms with Crippen LogP contribution in [-0.4, -0.2) is 16.7 Å². The highest BCUT2D eigenvalue weighted by Gasteiger charge is 2.60. The van der Waals surface area contributed by atoms with Crippen LogP contribution < -0.4 is 5.63 Å². The van der Waals surface area contributed by atoms with Crippen molar-refractivity contribution in [3.63, 3.8) is 0 Å². The molecule has 4 saturated carbocycles. The number of hydrogen-bond acceptors (Lipinski definition) is 5. The molecule has 0 spiro atoms.